The molecule has 1 unspecified atom stereocenters. The van der Waals surface area contributed by atoms with Crippen molar-refractivity contribution < 1.29 is 0 Å². The van der Waals surface area contributed by atoms with E-state index in [9.17, 15) is 5.26 Å². The van der Waals surface area contributed by atoms with E-state index >= 15 is 0 Å². The summed E-state index contributed by atoms with van der Waals surface area (Å²) in [4.78, 5) is 7.09. The number of fused-ring (bicyclic) bond motifs is 1. The molecular formula is C17H19N3. The Hall–Kier alpha value is -2.08. The zero-order valence-corrected chi connectivity index (χ0v) is 12.0. The van der Waals surface area contributed by atoms with Crippen LogP contribution in [0.2, 0.25) is 0 Å². The number of rotatable bonds is 2. The number of nitriles is 1. The van der Waals surface area contributed by atoms with Crippen molar-refractivity contribution in [3.05, 3.63) is 35.9 Å². The number of para-hydroxylation sites is 1. The van der Waals surface area contributed by atoms with Crippen LogP contribution in [0.1, 0.15) is 32.3 Å². The van der Waals surface area contributed by atoms with Crippen LogP contribution < -0.4 is 4.90 Å². The van der Waals surface area contributed by atoms with Crippen LogP contribution in [-0.2, 0) is 0 Å². The number of hydrogen-bond acceptors (Lipinski definition) is 3. The molecule has 1 fully saturated rings. The van der Waals surface area contributed by atoms with Crippen molar-refractivity contribution in [2.24, 2.45) is 5.92 Å². The largest absolute Gasteiger partial charge is 0.352 e. The van der Waals surface area contributed by atoms with Gasteiger partial charge in [0.15, 0.2) is 0 Å². The maximum Gasteiger partial charge on any atom is 0.147 e. The van der Waals surface area contributed by atoms with Gasteiger partial charge in [0.1, 0.15) is 11.9 Å². The normalized spacial score (nSPS) is 18.7. The predicted octanol–water partition coefficient (Wildman–Crippen LogP) is 3.73. The fourth-order valence-electron chi connectivity index (χ4n) is 3.16. The summed E-state index contributed by atoms with van der Waals surface area (Å²) in [5.41, 5.74) is 1.66. The van der Waals surface area contributed by atoms with Crippen LogP contribution in [0.5, 0.6) is 0 Å². The van der Waals surface area contributed by atoms with Gasteiger partial charge < -0.3 is 4.90 Å². The Labute approximate surface area is 119 Å². The Morgan fingerprint density at radius 1 is 1.35 bits per heavy atom. The number of nitrogens with zero attached hydrogens (tertiary/aromatic N) is 3. The van der Waals surface area contributed by atoms with Gasteiger partial charge in [-0.25, -0.2) is 4.98 Å². The summed E-state index contributed by atoms with van der Waals surface area (Å²) in [5, 5.41) is 10.5. The molecule has 1 aromatic heterocycles. The van der Waals surface area contributed by atoms with E-state index in [1.165, 1.54) is 12.8 Å². The molecule has 0 bridgehead atoms. The van der Waals surface area contributed by atoms with Crippen molar-refractivity contribution in [2.45, 2.75) is 32.7 Å². The molecule has 3 heteroatoms. The molecule has 0 spiro atoms. The molecule has 2 aromatic rings. The summed E-state index contributed by atoms with van der Waals surface area (Å²) in [7, 11) is 0. The highest BCUT2D eigenvalue weighted by atomic mass is 15.2. The third-order valence-corrected chi connectivity index (χ3v) is 4.17. The maximum atomic E-state index is 9.45. The minimum absolute atomic E-state index is 0.496. The predicted molar refractivity (Wildman–Crippen MR) is 81.7 cm³/mol. The molecule has 2 heterocycles. The Morgan fingerprint density at radius 2 is 2.15 bits per heavy atom. The fraction of sp³-hybridized carbons (Fsp3) is 0.412. The molecule has 1 aliphatic rings. The smallest absolute Gasteiger partial charge is 0.147 e. The molecule has 0 amide bonds. The highest BCUT2D eigenvalue weighted by Crippen LogP contribution is 2.32. The second kappa shape index (κ2) is 5.13. The highest BCUT2D eigenvalue weighted by molar-refractivity contribution is 5.83. The quantitative estimate of drug-likeness (QED) is 0.830. The van der Waals surface area contributed by atoms with Crippen molar-refractivity contribution >= 4 is 16.7 Å². The van der Waals surface area contributed by atoms with Crippen molar-refractivity contribution in [1.29, 1.82) is 5.26 Å². The van der Waals surface area contributed by atoms with E-state index < -0.39 is 0 Å². The lowest BCUT2D eigenvalue weighted by atomic mass is 10.0. The number of hydrogen-bond donors (Lipinski definition) is 0. The summed E-state index contributed by atoms with van der Waals surface area (Å²) >= 11 is 0. The van der Waals surface area contributed by atoms with E-state index in [1.54, 1.807) is 0 Å². The van der Waals surface area contributed by atoms with E-state index in [1.807, 2.05) is 30.3 Å². The zero-order valence-electron chi connectivity index (χ0n) is 12.0. The van der Waals surface area contributed by atoms with Crippen molar-refractivity contribution in [3.8, 4) is 6.07 Å². The molecule has 0 aliphatic carbocycles. The van der Waals surface area contributed by atoms with Crippen LogP contribution in [0.4, 0.5) is 5.82 Å². The minimum Gasteiger partial charge on any atom is -0.352 e. The van der Waals surface area contributed by atoms with Crippen LogP contribution in [0.3, 0.4) is 0 Å². The van der Waals surface area contributed by atoms with Crippen molar-refractivity contribution in [2.75, 3.05) is 11.4 Å². The van der Waals surface area contributed by atoms with Gasteiger partial charge in [0.25, 0.3) is 0 Å². The molecule has 20 heavy (non-hydrogen) atoms. The molecule has 0 N–H and O–H groups in total. The Kier molecular flexibility index (Phi) is 3.31. The summed E-state index contributed by atoms with van der Waals surface area (Å²) < 4.78 is 0. The van der Waals surface area contributed by atoms with Crippen LogP contribution in [0.15, 0.2) is 30.3 Å². The lowest BCUT2D eigenvalue weighted by Gasteiger charge is -2.29. The summed E-state index contributed by atoms with van der Waals surface area (Å²) in [5.74, 6) is 1.44. The topological polar surface area (TPSA) is 39.9 Å². The number of aromatic nitrogens is 1. The van der Waals surface area contributed by atoms with E-state index in [2.05, 4.69) is 24.8 Å². The van der Waals surface area contributed by atoms with E-state index in [4.69, 9.17) is 4.98 Å². The minimum atomic E-state index is 0.496. The van der Waals surface area contributed by atoms with Gasteiger partial charge >= 0.3 is 0 Å². The van der Waals surface area contributed by atoms with Gasteiger partial charge in [-0.15, -0.1) is 0 Å². The molecule has 1 atom stereocenters. The first-order valence-electron chi connectivity index (χ1n) is 7.27. The number of pyridine rings is 1. The van der Waals surface area contributed by atoms with Crippen molar-refractivity contribution in [1.82, 2.24) is 4.98 Å². The molecule has 0 saturated carbocycles. The Balaban J connectivity index is 2.12. The molecule has 102 valence electrons. The highest BCUT2D eigenvalue weighted by Gasteiger charge is 2.29. The Bertz CT molecular complexity index is 669. The second-order valence-corrected chi connectivity index (χ2v) is 5.81. The number of anilines is 1. The maximum absolute atomic E-state index is 9.45. The fourth-order valence-corrected chi connectivity index (χ4v) is 3.16. The van der Waals surface area contributed by atoms with Gasteiger partial charge in [0.2, 0.25) is 0 Å². The van der Waals surface area contributed by atoms with Crippen LogP contribution in [0.25, 0.3) is 10.9 Å². The second-order valence-electron chi connectivity index (χ2n) is 5.81. The first-order chi connectivity index (χ1) is 9.70. The average Bonchev–Trinajstić information content (AvgIpc) is 2.95. The SMILES string of the molecule is CC(C)C1CCCN1c1nc2ccccc2cc1C#N. The Morgan fingerprint density at radius 3 is 2.90 bits per heavy atom. The van der Waals surface area contributed by atoms with Gasteiger partial charge in [0, 0.05) is 18.0 Å². The summed E-state index contributed by atoms with van der Waals surface area (Å²) in [6, 6.07) is 12.8. The van der Waals surface area contributed by atoms with Gasteiger partial charge in [-0.3, -0.25) is 0 Å². The standard InChI is InChI=1S/C17H19N3/c1-12(2)16-8-5-9-20(16)17-14(11-18)10-13-6-3-4-7-15(13)19-17/h3-4,6-7,10,12,16H,5,8-9H2,1-2H3. The first-order valence-corrected chi connectivity index (χ1v) is 7.27. The van der Waals surface area contributed by atoms with E-state index in [-0.39, 0.29) is 0 Å². The number of benzene rings is 1. The molecule has 3 nitrogen and oxygen atoms in total. The zero-order chi connectivity index (χ0) is 14.1. The molecule has 1 aliphatic heterocycles. The van der Waals surface area contributed by atoms with Gasteiger partial charge in [-0.1, -0.05) is 32.0 Å². The first kappa shape index (κ1) is 12.9. The molecule has 1 aromatic carbocycles. The lowest BCUT2D eigenvalue weighted by molar-refractivity contribution is 0.490. The van der Waals surface area contributed by atoms with Crippen LogP contribution >= 0.6 is 0 Å². The molecular weight excluding hydrogens is 246 g/mol. The van der Waals surface area contributed by atoms with Gasteiger partial charge in [-0.2, -0.15) is 5.26 Å². The van der Waals surface area contributed by atoms with Gasteiger partial charge in [-0.05, 0) is 30.9 Å². The monoisotopic (exact) mass is 265 g/mol. The molecule has 3 rings (SSSR count). The summed E-state index contributed by atoms with van der Waals surface area (Å²) in [6.07, 6.45) is 2.37. The molecule has 1 saturated heterocycles. The lowest BCUT2D eigenvalue weighted by Crippen LogP contribution is -2.34. The third kappa shape index (κ3) is 2.12. The van der Waals surface area contributed by atoms with Crippen LogP contribution in [-0.4, -0.2) is 17.6 Å². The third-order valence-electron chi connectivity index (χ3n) is 4.17. The van der Waals surface area contributed by atoms with E-state index in [0.717, 1.165) is 23.3 Å². The molecule has 0 radical (unpaired) electrons. The van der Waals surface area contributed by atoms with Crippen LogP contribution in [0, 0.1) is 17.2 Å². The summed E-state index contributed by atoms with van der Waals surface area (Å²) in [6.45, 7) is 5.50. The average molecular weight is 265 g/mol. The van der Waals surface area contributed by atoms with E-state index in [0.29, 0.717) is 17.5 Å². The van der Waals surface area contributed by atoms with Crippen molar-refractivity contribution in [3.63, 3.8) is 0 Å². The van der Waals surface area contributed by atoms with Gasteiger partial charge in [0.05, 0.1) is 11.1 Å².